The van der Waals surface area contributed by atoms with Gasteiger partial charge in [0.2, 0.25) is 0 Å². The second-order valence-electron chi connectivity index (χ2n) is 5.72. The maximum absolute atomic E-state index is 9.39. The van der Waals surface area contributed by atoms with Gasteiger partial charge in [-0.25, -0.2) is 0 Å². The lowest BCUT2D eigenvalue weighted by molar-refractivity contribution is 0.267. The quantitative estimate of drug-likeness (QED) is 0.488. The highest BCUT2D eigenvalue weighted by Gasteiger charge is 2.14. The van der Waals surface area contributed by atoms with E-state index >= 15 is 0 Å². The largest absolute Gasteiger partial charge is 0.490 e. The fourth-order valence-electron chi connectivity index (χ4n) is 2.42. The fraction of sp³-hybridized carbons (Fsp3) is 0.136. The van der Waals surface area contributed by atoms with Crippen LogP contribution in [-0.2, 0) is 6.61 Å². The van der Waals surface area contributed by atoms with Crippen molar-refractivity contribution in [3.05, 3.63) is 74.9 Å². The van der Waals surface area contributed by atoms with E-state index < -0.39 is 0 Å². The first-order valence-corrected chi connectivity index (χ1v) is 9.38. The second kappa shape index (κ2) is 10.6. The number of benzene rings is 2. The summed E-state index contributed by atoms with van der Waals surface area (Å²) in [6.45, 7) is 2.63. The van der Waals surface area contributed by atoms with Gasteiger partial charge in [0.05, 0.1) is 22.3 Å². The fourth-order valence-corrected chi connectivity index (χ4v) is 3.00. The number of allylic oxidation sites excluding steroid dienone is 2. The molecule has 0 fully saturated rings. The van der Waals surface area contributed by atoms with Gasteiger partial charge in [-0.1, -0.05) is 30.3 Å². The Kier molecular flexibility index (Phi) is 7.86. The molecule has 2 N–H and O–H groups in total. The van der Waals surface area contributed by atoms with Crippen LogP contribution in [-0.4, -0.2) is 6.61 Å². The molecule has 0 aliphatic heterocycles. The van der Waals surface area contributed by atoms with E-state index in [-0.39, 0.29) is 16.8 Å². The van der Waals surface area contributed by atoms with Crippen molar-refractivity contribution >= 4 is 22.0 Å². The van der Waals surface area contributed by atoms with E-state index in [4.69, 9.17) is 25.7 Å². The van der Waals surface area contributed by atoms with Crippen molar-refractivity contribution in [1.82, 2.24) is 0 Å². The minimum absolute atomic E-state index is 0.00963. The van der Waals surface area contributed by atoms with Crippen LogP contribution in [0.25, 0.3) is 6.08 Å². The van der Waals surface area contributed by atoms with Crippen LogP contribution < -0.4 is 15.2 Å². The van der Waals surface area contributed by atoms with E-state index in [2.05, 4.69) is 15.9 Å². The lowest BCUT2D eigenvalue weighted by Crippen LogP contribution is -2.04. The minimum atomic E-state index is -0.315. The standard InChI is InChI=1S/C22H17BrN4O2/c1-2-28-20-10-16(8-17(11-24)21(27)18(12-25)13-26)9-19(23)22(20)29-14-15-6-4-3-5-7-15/h3-10H,2,14,27H2,1H3/b17-8+. The Balaban J connectivity index is 2.43. The van der Waals surface area contributed by atoms with Crippen LogP contribution in [0.1, 0.15) is 18.1 Å². The maximum Gasteiger partial charge on any atom is 0.175 e. The number of ether oxygens (including phenoxy) is 2. The third kappa shape index (κ3) is 5.62. The second-order valence-corrected chi connectivity index (χ2v) is 6.57. The highest BCUT2D eigenvalue weighted by molar-refractivity contribution is 9.10. The van der Waals surface area contributed by atoms with Gasteiger partial charge in [-0.15, -0.1) is 0 Å². The minimum Gasteiger partial charge on any atom is -0.490 e. The molecule has 2 aromatic carbocycles. The number of nitriles is 3. The van der Waals surface area contributed by atoms with Gasteiger partial charge in [-0.3, -0.25) is 0 Å². The monoisotopic (exact) mass is 448 g/mol. The third-order valence-corrected chi connectivity index (χ3v) is 4.36. The van der Waals surface area contributed by atoms with Crippen molar-refractivity contribution in [2.75, 3.05) is 6.61 Å². The van der Waals surface area contributed by atoms with Crippen LogP contribution in [0.3, 0.4) is 0 Å². The molecule has 6 nitrogen and oxygen atoms in total. The molecule has 0 heterocycles. The van der Waals surface area contributed by atoms with Crippen LogP contribution in [0, 0.1) is 34.0 Å². The molecule has 0 amide bonds. The van der Waals surface area contributed by atoms with E-state index in [9.17, 15) is 5.26 Å². The third-order valence-electron chi connectivity index (χ3n) is 3.77. The summed E-state index contributed by atoms with van der Waals surface area (Å²) < 4.78 is 12.3. The lowest BCUT2D eigenvalue weighted by Gasteiger charge is -2.15. The van der Waals surface area contributed by atoms with Crippen LogP contribution in [0.5, 0.6) is 11.5 Å². The summed E-state index contributed by atoms with van der Waals surface area (Å²) >= 11 is 3.48. The van der Waals surface area contributed by atoms with Gasteiger partial charge in [0.15, 0.2) is 17.1 Å². The van der Waals surface area contributed by atoms with Crippen LogP contribution in [0.4, 0.5) is 0 Å². The molecular weight excluding hydrogens is 432 g/mol. The number of nitrogens with two attached hydrogens (primary N) is 1. The van der Waals surface area contributed by atoms with Crippen LogP contribution >= 0.6 is 15.9 Å². The Labute approximate surface area is 177 Å². The number of hydrogen-bond donors (Lipinski definition) is 1. The number of nitrogens with zero attached hydrogens (tertiary/aromatic N) is 3. The number of rotatable bonds is 7. The van der Waals surface area contributed by atoms with Crippen molar-refractivity contribution in [1.29, 1.82) is 15.8 Å². The van der Waals surface area contributed by atoms with Crippen molar-refractivity contribution in [3.8, 4) is 29.7 Å². The molecular formula is C22H17BrN4O2. The zero-order chi connectivity index (χ0) is 21.2. The normalized spacial score (nSPS) is 10.2. The molecule has 2 rings (SSSR count). The van der Waals surface area contributed by atoms with Gasteiger partial charge in [0.1, 0.15) is 24.8 Å². The SMILES string of the molecule is CCOc1cc(/C=C(\C#N)C(N)=C(C#N)C#N)cc(Br)c1OCc1ccccc1. The molecule has 0 aliphatic carbocycles. The molecule has 144 valence electrons. The summed E-state index contributed by atoms with van der Waals surface area (Å²) in [4.78, 5) is 0. The van der Waals surface area contributed by atoms with E-state index in [0.29, 0.717) is 34.7 Å². The zero-order valence-electron chi connectivity index (χ0n) is 15.6. The molecule has 0 spiro atoms. The van der Waals surface area contributed by atoms with Crippen LogP contribution in [0.15, 0.2) is 63.8 Å². The lowest BCUT2D eigenvalue weighted by atomic mass is 10.1. The molecule has 0 saturated carbocycles. The predicted molar refractivity (Wildman–Crippen MR) is 112 cm³/mol. The molecule has 0 bridgehead atoms. The van der Waals surface area contributed by atoms with Gasteiger partial charge >= 0.3 is 0 Å². The average molecular weight is 449 g/mol. The van der Waals surface area contributed by atoms with Gasteiger partial charge in [-0.2, -0.15) is 15.8 Å². The Morgan fingerprint density at radius 1 is 1.07 bits per heavy atom. The molecule has 29 heavy (non-hydrogen) atoms. The van der Waals surface area contributed by atoms with Gasteiger partial charge in [0, 0.05) is 0 Å². The molecule has 2 aromatic rings. The van der Waals surface area contributed by atoms with E-state index in [1.165, 1.54) is 6.08 Å². The summed E-state index contributed by atoms with van der Waals surface area (Å²) in [6.07, 6.45) is 1.48. The molecule has 7 heteroatoms. The van der Waals surface area contributed by atoms with Gasteiger partial charge in [0.25, 0.3) is 0 Å². The van der Waals surface area contributed by atoms with Crippen molar-refractivity contribution in [3.63, 3.8) is 0 Å². The van der Waals surface area contributed by atoms with Gasteiger partial charge < -0.3 is 15.2 Å². The highest BCUT2D eigenvalue weighted by atomic mass is 79.9. The Bertz CT molecular complexity index is 1050. The zero-order valence-corrected chi connectivity index (χ0v) is 17.2. The molecule has 0 saturated heterocycles. The molecule has 0 aliphatic rings. The summed E-state index contributed by atoms with van der Waals surface area (Å²) in [7, 11) is 0. The average Bonchev–Trinajstić information content (AvgIpc) is 2.73. The highest BCUT2D eigenvalue weighted by Crippen LogP contribution is 2.38. The first-order chi connectivity index (χ1) is 14.0. The van der Waals surface area contributed by atoms with Crippen molar-refractivity contribution in [2.45, 2.75) is 13.5 Å². The Hall–Kier alpha value is -3.73. The Morgan fingerprint density at radius 3 is 2.34 bits per heavy atom. The van der Waals surface area contributed by atoms with Crippen molar-refractivity contribution < 1.29 is 9.47 Å². The molecule has 0 aromatic heterocycles. The molecule has 0 unspecified atom stereocenters. The Morgan fingerprint density at radius 2 is 1.76 bits per heavy atom. The molecule has 0 atom stereocenters. The summed E-state index contributed by atoms with van der Waals surface area (Å²) in [5.41, 5.74) is 6.93. The predicted octanol–water partition coefficient (Wildman–Crippen LogP) is 4.59. The summed E-state index contributed by atoms with van der Waals surface area (Å²) in [5.74, 6) is 1.02. The first kappa shape index (κ1) is 21.6. The summed E-state index contributed by atoms with van der Waals surface area (Å²) in [6, 6.07) is 18.5. The van der Waals surface area contributed by atoms with E-state index in [1.54, 1.807) is 24.3 Å². The van der Waals surface area contributed by atoms with Crippen molar-refractivity contribution in [2.24, 2.45) is 5.73 Å². The van der Waals surface area contributed by atoms with Crippen LogP contribution in [0.2, 0.25) is 0 Å². The number of hydrogen-bond acceptors (Lipinski definition) is 6. The summed E-state index contributed by atoms with van der Waals surface area (Å²) in [5, 5.41) is 27.3. The number of halogens is 1. The maximum atomic E-state index is 9.39. The topological polar surface area (TPSA) is 116 Å². The smallest absolute Gasteiger partial charge is 0.175 e. The van der Waals surface area contributed by atoms with Gasteiger partial charge in [-0.05, 0) is 52.2 Å². The first-order valence-electron chi connectivity index (χ1n) is 8.59. The van der Waals surface area contributed by atoms with E-state index in [0.717, 1.165) is 5.56 Å². The van der Waals surface area contributed by atoms with E-state index in [1.807, 2.05) is 43.3 Å². The molecule has 0 radical (unpaired) electrons.